The Balaban J connectivity index is 2.27. The van der Waals surface area contributed by atoms with Crippen molar-refractivity contribution in [3.63, 3.8) is 0 Å². The van der Waals surface area contributed by atoms with E-state index in [9.17, 15) is 4.39 Å². The van der Waals surface area contributed by atoms with Crippen molar-refractivity contribution >= 4 is 0 Å². The van der Waals surface area contributed by atoms with Gasteiger partial charge in [-0.05, 0) is 43.9 Å². The summed E-state index contributed by atoms with van der Waals surface area (Å²) >= 11 is 0. The van der Waals surface area contributed by atoms with Crippen LogP contribution in [0.3, 0.4) is 0 Å². The molecule has 3 atom stereocenters. The van der Waals surface area contributed by atoms with Gasteiger partial charge in [0.25, 0.3) is 0 Å². The maximum Gasteiger partial charge on any atom is 0.128 e. The van der Waals surface area contributed by atoms with Gasteiger partial charge in [0, 0.05) is 11.6 Å². The van der Waals surface area contributed by atoms with Crippen LogP contribution in [-0.4, -0.2) is 7.05 Å². The molecule has 0 spiro atoms. The second kappa shape index (κ2) is 6.51. The van der Waals surface area contributed by atoms with Gasteiger partial charge in [0.1, 0.15) is 5.82 Å². The summed E-state index contributed by atoms with van der Waals surface area (Å²) in [6, 6.07) is 5.80. The van der Waals surface area contributed by atoms with Crippen LogP contribution < -0.4 is 5.32 Å². The van der Waals surface area contributed by atoms with Crippen LogP contribution in [0.15, 0.2) is 18.2 Å². The zero-order chi connectivity index (χ0) is 13.8. The second-order valence-corrected chi connectivity index (χ2v) is 5.91. The molecule has 0 heterocycles. The number of aryl methyl sites for hydroxylation is 1. The average molecular weight is 263 g/mol. The third-order valence-corrected chi connectivity index (χ3v) is 4.72. The first-order valence-electron chi connectivity index (χ1n) is 7.60. The summed E-state index contributed by atoms with van der Waals surface area (Å²) in [5, 5.41) is 3.37. The predicted molar refractivity (Wildman–Crippen MR) is 78.7 cm³/mol. The van der Waals surface area contributed by atoms with Crippen molar-refractivity contribution in [1.29, 1.82) is 0 Å². The van der Waals surface area contributed by atoms with Gasteiger partial charge < -0.3 is 5.32 Å². The molecule has 0 aliphatic heterocycles. The topological polar surface area (TPSA) is 12.0 Å². The lowest BCUT2D eigenvalue weighted by Crippen LogP contribution is -2.33. The lowest BCUT2D eigenvalue weighted by atomic mass is 9.72. The fourth-order valence-corrected chi connectivity index (χ4v) is 3.67. The Bertz CT molecular complexity index is 416. The zero-order valence-electron chi connectivity index (χ0n) is 12.4. The quantitative estimate of drug-likeness (QED) is 0.836. The Labute approximate surface area is 116 Å². The summed E-state index contributed by atoms with van der Waals surface area (Å²) in [7, 11) is 1.96. The van der Waals surface area contributed by atoms with E-state index in [-0.39, 0.29) is 11.9 Å². The van der Waals surface area contributed by atoms with Crippen LogP contribution in [0.4, 0.5) is 4.39 Å². The summed E-state index contributed by atoms with van der Waals surface area (Å²) in [6.07, 6.45) is 6.34. The summed E-state index contributed by atoms with van der Waals surface area (Å²) < 4.78 is 14.2. The van der Waals surface area contributed by atoms with Gasteiger partial charge in [-0.15, -0.1) is 0 Å². The highest BCUT2D eigenvalue weighted by Gasteiger charge is 2.32. The molecule has 0 saturated heterocycles. The van der Waals surface area contributed by atoms with E-state index in [2.05, 4.69) is 12.2 Å². The first-order valence-corrected chi connectivity index (χ1v) is 7.60. The van der Waals surface area contributed by atoms with Gasteiger partial charge >= 0.3 is 0 Å². The molecule has 0 radical (unpaired) electrons. The smallest absolute Gasteiger partial charge is 0.128 e. The van der Waals surface area contributed by atoms with Crippen molar-refractivity contribution in [2.75, 3.05) is 7.05 Å². The number of nitrogens with one attached hydrogen (secondary N) is 1. The van der Waals surface area contributed by atoms with Gasteiger partial charge in [0.2, 0.25) is 0 Å². The van der Waals surface area contributed by atoms with Crippen molar-refractivity contribution in [3.8, 4) is 0 Å². The Morgan fingerprint density at radius 2 is 2.05 bits per heavy atom. The highest BCUT2D eigenvalue weighted by atomic mass is 19.1. The third-order valence-electron chi connectivity index (χ3n) is 4.72. The summed E-state index contributed by atoms with van der Waals surface area (Å²) in [4.78, 5) is 0. The van der Waals surface area contributed by atoms with E-state index in [0.717, 1.165) is 17.0 Å². The van der Waals surface area contributed by atoms with Crippen molar-refractivity contribution in [2.45, 2.75) is 52.0 Å². The molecule has 1 nitrogen and oxygen atoms in total. The molecule has 1 saturated carbocycles. The fraction of sp³-hybridized carbons (Fsp3) is 0.647. The van der Waals surface area contributed by atoms with Gasteiger partial charge in [-0.2, -0.15) is 0 Å². The molecule has 2 heteroatoms. The molecule has 1 aromatic carbocycles. The van der Waals surface area contributed by atoms with Crippen LogP contribution >= 0.6 is 0 Å². The first-order chi connectivity index (χ1) is 9.17. The SMILES string of the molecule is CCC1CCCCC1C(NC)c1ccc(C)cc1F. The van der Waals surface area contributed by atoms with Crippen LogP contribution in [0.5, 0.6) is 0 Å². The second-order valence-electron chi connectivity index (χ2n) is 5.91. The maximum absolute atomic E-state index is 14.2. The Hall–Kier alpha value is -0.890. The highest BCUT2D eigenvalue weighted by molar-refractivity contribution is 5.27. The number of hydrogen-bond acceptors (Lipinski definition) is 1. The van der Waals surface area contributed by atoms with Crippen molar-refractivity contribution < 1.29 is 4.39 Å². The Morgan fingerprint density at radius 3 is 2.68 bits per heavy atom. The Kier molecular flexibility index (Phi) is 4.98. The fourth-order valence-electron chi connectivity index (χ4n) is 3.67. The molecule has 2 rings (SSSR count). The molecule has 19 heavy (non-hydrogen) atoms. The molecule has 1 aromatic rings. The minimum absolute atomic E-state index is 0.0558. The normalized spacial score (nSPS) is 25.3. The molecular weight excluding hydrogens is 237 g/mol. The minimum atomic E-state index is -0.0558. The lowest BCUT2D eigenvalue weighted by molar-refractivity contribution is 0.178. The molecule has 0 amide bonds. The minimum Gasteiger partial charge on any atom is -0.313 e. The molecule has 0 bridgehead atoms. The van der Waals surface area contributed by atoms with Crippen molar-refractivity contribution in [3.05, 3.63) is 35.1 Å². The van der Waals surface area contributed by atoms with Gasteiger partial charge in [-0.3, -0.25) is 0 Å². The number of benzene rings is 1. The molecule has 106 valence electrons. The van der Waals surface area contributed by atoms with Gasteiger partial charge in [0.15, 0.2) is 0 Å². The molecule has 1 aliphatic carbocycles. The van der Waals surface area contributed by atoms with Gasteiger partial charge in [0.05, 0.1) is 0 Å². The van der Waals surface area contributed by atoms with E-state index in [4.69, 9.17) is 0 Å². The highest BCUT2D eigenvalue weighted by Crippen LogP contribution is 2.40. The monoisotopic (exact) mass is 263 g/mol. The van der Waals surface area contributed by atoms with Crippen LogP contribution in [0.1, 0.15) is 56.2 Å². The van der Waals surface area contributed by atoms with E-state index in [1.165, 1.54) is 32.1 Å². The van der Waals surface area contributed by atoms with E-state index in [1.54, 1.807) is 6.07 Å². The van der Waals surface area contributed by atoms with Crippen LogP contribution in [0.25, 0.3) is 0 Å². The van der Waals surface area contributed by atoms with E-state index >= 15 is 0 Å². The molecule has 1 N–H and O–H groups in total. The first kappa shape index (κ1) is 14.5. The zero-order valence-corrected chi connectivity index (χ0v) is 12.4. The largest absolute Gasteiger partial charge is 0.313 e. The summed E-state index contributed by atoms with van der Waals surface area (Å²) in [5.74, 6) is 1.24. The number of rotatable bonds is 4. The van der Waals surface area contributed by atoms with Crippen molar-refractivity contribution in [1.82, 2.24) is 5.32 Å². The predicted octanol–water partition coefficient (Wildman–Crippen LogP) is 4.61. The van der Waals surface area contributed by atoms with Gasteiger partial charge in [-0.25, -0.2) is 4.39 Å². The molecular formula is C17H26FN. The third kappa shape index (κ3) is 3.17. The average Bonchev–Trinajstić information content (AvgIpc) is 2.42. The Morgan fingerprint density at radius 1 is 1.32 bits per heavy atom. The standard InChI is InChI=1S/C17H26FN/c1-4-13-7-5-6-8-14(13)17(19-3)15-10-9-12(2)11-16(15)18/h9-11,13-14,17,19H,4-8H2,1-3H3. The van der Waals surface area contributed by atoms with Crippen LogP contribution in [-0.2, 0) is 0 Å². The summed E-state index contributed by atoms with van der Waals surface area (Å²) in [6.45, 7) is 4.21. The van der Waals surface area contributed by atoms with Gasteiger partial charge in [-0.1, -0.05) is 44.7 Å². The van der Waals surface area contributed by atoms with Crippen LogP contribution in [0, 0.1) is 24.6 Å². The molecule has 1 fully saturated rings. The summed E-state index contributed by atoms with van der Waals surface area (Å²) in [5.41, 5.74) is 1.84. The maximum atomic E-state index is 14.2. The van der Waals surface area contributed by atoms with E-state index in [1.807, 2.05) is 26.1 Å². The number of hydrogen-bond donors (Lipinski definition) is 1. The van der Waals surface area contributed by atoms with Crippen molar-refractivity contribution in [2.24, 2.45) is 11.8 Å². The van der Waals surface area contributed by atoms with Crippen LogP contribution in [0.2, 0.25) is 0 Å². The molecule has 1 aliphatic rings. The van der Waals surface area contributed by atoms with E-state index < -0.39 is 0 Å². The number of halogens is 1. The molecule has 0 aromatic heterocycles. The lowest BCUT2D eigenvalue weighted by Gasteiger charge is -2.37. The molecule has 3 unspecified atom stereocenters. The van der Waals surface area contributed by atoms with E-state index in [0.29, 0.717) is 5.92 Å².